The number of rotatable bonds is 3. The number of amides is 1. The normalized spacial score (nSPS) is 15.4. The fraction of sp³-hybridized carbons (Fsp3) is 0.0714. The van der Waals surface area contributed by atoms with Crippen molar-refractivity contribution < 1.29 is 4.79 Å². The minimum Gasteiger partial charge on any atom is -0.329 e. The van der Waals surface area contributed by atoms with Crippen molar-refractivity contribution in [3.63, 3.8) is 0 Å². The highest BCUT2D eigenvalue weighted by Gasteiger charge is 2.34. The number of nitrogens with zero attached hydrogens (tertiary/aromatic N) is 2. The lowest BCUT2D eigenvalue weighted by Gasteiger charge is -2.31. The Balaban J connectivity index is 1.55. The maximum Gasteiger partial charge on any atom is 0.255 e. The largest absolute Gasteiger partial charge is 0.329 e. The van der Waals surface area contributed by atoms with E-state index in [1.807, 2.05) is 67.6 Å². The number of carbonyl (C=O) groups excluding carboxylic acids is 1. The molecule has 0 fully saturated rings. The molecule has 160 valence electrons. The van der Waals surface area contributed by atoms with Crippen LogP contribution in [0.15, 0.2) is 108 Å². The second-order valence-corrected chi connectivity index (χ2v) is 8.29. The number of hydrogen-bond donors (Lipinski definition) is 2. The van der Waals surface area contributed by atoms with E-state index in [0.29, 0.717) is 5.57 Å². The van der Waals surface area contributed by atoms with Gasteiger partial charge in [0.2, 0.25) is 5.95 Å². The number of hydrogen-bond acceptors (Lipinski definition) is 3. The highest BCUT2D eigenvalue weighted by Crippen LogP contribution is 2.40. The van der Waals surface area contributed by atoms with Crippen molar-refractivity contribution in [1.82, 2.24) is 9.55 Å². The molecule has 0 saturated heterocycles. The molecule has 4 aromatic carbocycles. The first-order chi connectivity index (χ1) is 16.2. The molecule has 1 aromatic heterocycles. The van der Waals surface area contributed by atoms with E-state index in [9.17, 15) is 4.79 Å². The average molecular weight is 431 g/mol. The fourth-order valence-electron chi connectivity index (χ4n) is 4.67. The lowest BCUT2D eigenvalue weighted by Crippen LogP contribution is -2.30. The predicted octanol–water partition coefficient (Wildman–Crippen LogP) is 6.12. The minimum atomic E-state index is -0.318. The maximum atomic E-state index is 13.7. The molecule has 0 radical (unpaired) electrons. The first kappa shape index (κ1) is 19.3. The molecule has 1 aliphatic rings. The van der Waals surface area contributed by atoms with E-state index in [4.69, 9.17) is 4.98 Å². The van der Waals surface area contributed by atoms with E-state index in [1.165, 1.54) is 5.39 Å². The van der Waals surface area contributed by atoms with Crippen LogP contribution in [0.2, 0.25) is 0 Å². The number of aromatic nitrogens is 2. The molecule has 2 N–H and O–H groups in total. The number of benzene rings is 4. The predicted molar refractivity (Wildman–Crippen MR) is 133 cm³/mol. The lowest BCUT2D eigenvalue weighted by molar-refractivity contribution is -0.113. The van der Waals surface area contributed by atoms with Gasteiger partial charge in [0.25, 0.3) is 5.91 Å². The molecular formula is C28H22N4O. The van der Waals surface area contributed by atoms with Gasteiger partial charge in [-0.15, -0.1) is 0 Å². The molecule has 1 atom stereocenters. The Morgan fingerprint density at radius 1 is 0.879 bits per heavy atom. The zero-order chi connectivity index (χ0) is 22.4. The third kappa shape index (κ3) is 3.26. The van der Waals surface area contributed by atoms with Crippen LogP contribution in [-0.2, 0) is 4.79 Å². The van der Waals surface area contributed by atoms with E-state index < -0.39 is 0 Å². The van der Waals surface area contributed by atoms with Crippen molar-refractivity contribution in [1.29, 1.82) is 0 Å². The van der Waals surface area contributed by atoms with Gasteiger partial charge in [0, 0.05) is 11.4 Å². The minimum absolute atomic E-state index is 0.132. The molecule has 5 nitrogen and oxygen atoms in total. The summed E-state index contributed by atoms with van der Waals surface area (Å²) in [6.45, 7) is 1.94. The Kier molecular flexibility index (Phi) is 4.47. The van der Waals surface area contributed by atoms with Crippen molar-refractivity contribution in [2.24, 2.45) is 0 Å². The molecule has 33 heavy (non-hydrogen) atoms. The highest BCUT2D eigenvalue weighted by atomic mass is 16.1. The molecule has 0 bridgehead atoms. The Morgan fingerprint density at radius 2 is 1.61 bits per heavy atom. The van der Waals surface area contributed by atoms with Crippen molar-refractivity contribution in [2.75, 3.05) is 10.6 Å². The van der Waals surface area contributed by atoms with Crippen LogP contribution in [0.4, 0.5) is 11.6 Å². The zero-order valence-corrected chi connectivity index (χ0v) is 18.1. The van der Waals surface area contributed by atoms with E-state index in [2.05, 4.69) is 51.6 Å². The van der Waals surface area contributed by atoms with E-state index in [0.717, 1.165) is 39.3 Å². The van der Waals surface area contributed by atoms with Crippen LogP contribution in [0.3, 0.4) is 0 Å². The van der Waals surface area contributed by atoms with Crippen molar-refractivity contribution >= 4 is 39.3 Å². The van der Waals surface area contributed by atoms with Gasteiger partial charge in [-0.1, -0.05) is 66.7 Å². The molecular weight excluding hydrogens is 408 g/mol. The monoisotopic (exact) mass is 430 g/mol. The number of anilines is 2. The topological polar surface area (TPSA) is 59.0 Å². The summed E-state index contributed by atoms with van der Waals surface area (Å²) in [6, 6.07) is 32.0. The van der Waals surface area contributed by atoms with Crippen LogP contribution in [0.1, 0.15) is 18.5 Å². The van der Waals surface area contributed by atoms with Crippen molar-refractivity contribution in [2.45, 2.75) is 13.0 Å². The fourth-order valence-corrected chi connectivity index (χ4v) is 4.67. The van der Waals surface area contributed by atoms with Crippen LogP contribution >= 0.6 is 0 Å². The van der Waals surface area contributed by atoms with Crippen LogP contribution < -0.4 is 10.6 Å². The second kappa shape index (κ2) is 7.64. The maximum absolute atomic E-state index is 13.7. The smallest absolute Gasteiger partial charge is 0.255 e. The number of imidazole rings is 1. The average Bonchev–Trinajstić information content (AvgIpc) is 3.21. The summed E-state index contributed by atoms with van der Waals surface area (Å²) in [5.74, 6) is 0.607. The molecule has 5 aromatic rings. The van der Waals surface area contributed by atoms with Crippen LogP contribution in [0.5, 0.6) is 0 Å². The number of fused-ring (bicyclic) bond motifs is 4. The molecule has 0 aliphatic carbocycles. The van der Waals surface area contributed by atoms with E-state index in [1.54, 1.807) is 0 Å². The summed E-state index contributed by atoms with van der Waals surface area (Å²) in [6.07, 6.45) is 0. The van der Waals surface area contributed by atoms with E-state index >= 15 is 0 Å². The van der Waals surface area contributed by atoms with Gasteiger partial charge in [-0.2, -0.15) is 0 Å². The van der Waals surface area contributed by atoms with Gasteiger partial charge in [0.15, 0.2) is 0 Å². The van der Waals surface area contributed by atoms with Crippen LogP contribution in [-0.4, -0.2) is 15.5 Å². The summed E-state index contributed by atoms with van der Waals surface area (Å²) in [5, 5.41) is 8.76. The van der Waals surface area contributed by atoms with Gasteiger partial charge in [-0.05, 0) is 53.6 Å². The third-order valence-corrected chi connectivity index (χ3v) is 6.20. The third-order valence-electron chi connectivity index (χ3n) is 6.20. The second-order valence-electron chi connectivity index (χ2n) is 8.29. The van der Waals surface area contributed by atoms with Crippen LogP contribution in [0, 0.1) is 0 Å². The van der Waals surface area contributed by atoms with Gasteiger partial charge < -0.3 is 10.6 Å². The molecule has 1 amide bonds. The summed E-state index contributed by atoms with van der Waals surface area (Å²) in [4.78, 5) is 18.5. The summed E-state index contributed by atoms with van der Waals surface area (Å²) < 4.78 is 2.13. The highest BCUT2D eigenvalue weighted by molar-refractivity contribution is 6.06. The summed E-state index contributed by atoms with van der Waals surface area (Å²) in [5.41, 5.74) is 5.15. The van der Waals surface area contributed by atoms with Gasteiger partial charge in [-0.25, -0.2) is 4.98 Å². The number of allylic oxidation sites excluding steroid dienone is 1. The van der Waals surface area contributed by atoms with Gasteiger partial charge in [0.1, 0.15) is 0 Å². The standard InChI is InChI=1S/C28H22N4O/c1-18-25(27(33)30-22-11-3-2-4-12-22)26(21-16-15-19-9-5-6-10-20(19)17-21)32-24-14-8-7-13-23(24)31-28(32)29-18/h2-17,26H,1H3,(H,29,31)(H,30,33). The van der Waals surface area contributed by atoms with Crippen molar-refractivity contribution in [3.8, 4) is 0 Å². The molecule has 5 heteroatoms. The molecule has 2 heterocycles. The first-order valence-corrected chi connectivity index (χ1v) is 11.0. The lowest BCUT2D eigenvalue weighted by atomic mass is 9.92. The quantitative estimate of drug-likeness (QED) is 0.363. The van der Waals surface area contributed by atoms with Gasteiger partial charge >= 0.3 is 0 Å². The number of carbonyl (C=O) groups is 1. The molecule has 6 rings (SSSR count). The summed E-state index contributed by atoms with van der Waals surface area (Å²) >= 11 is 0. The number of para-hydroxylation sites is 3. The number of nitrogens with one attached hydrogen (secondary N) is 2. The van der Waals surface area contributed by atoms with Gasteiger partial charge in [-0.3, -0.25) is 9.36 Å². The Bertz CT molecular complexity index is 1550. The van der Waals surface area contributed by atoms with E-state index in [-0.39, 0.29) is 11.9 Å². The Hall–Kier alpha value is -4.38. The van der Waals surface area contributed by atoms with Gasteiger partial charge in [0.05, 0.1) is 22.6 Å². The molecule has 0 saturated carbocycles. The Labute approximate surface area is 191 Å². The molecule has 0 spiro atoms. The Morgan fingerprint density at radius 3 is 2.45 bits per heavy atom. The molecule has 1 aliphatic heterocycles. The first-order valence-electron chi connectivity index (χ1n) is 11.0. The van der Waals surface area contributed by atoms with Crippen molar-refractivity contribution in [3.05, 3.63) is 114 Å². The summed E-state index contributed by atoms with van der Waals surface area (Å²) in [7, 11) is 0. The van der Waals surface area contributed by atoms with Crippen LogP contribution in [0.25, 0.3) is 21.8 Å². The SMILES string of the molecule is CC1=C(C(=O)Nc2ccccc2)C(c2ccc3ccccc3c2)n2c(nc3ccccc32)N1. The molecule has 1 unspecified atom stereocenters. The zero-order valence-electron chi connectivity index (χ0n) is 18.1.